The molecule has 22 heavy (non-hydrogen) atoms. The largest absolute Gasteiger partial charge is 0.465 e. The molecular formula is C15H12F3NO3. The Morgan fingerprint density at radius 3 is 2.36 bits per heavy atom. The fourth-order valence-electron chi connectivity index (χ4n) is 1.76. The quantitative estimate of drug-likeness (QED) is 0.690. The average Bonchev–Trinajstić information content (AvgIpc) is 2.48. The number of hydrogen-bond donors (Lipinski definition) is 1. The Morgan fingerprint density at radius 1 is 1.09 bits per heavy atom. The van der Waals surface area contributed by atoms with E-state index in [1.54, 1.807) is 18.2 Å². The summed E-state index contributed by atoms with van der Waals surface area (Å²) in [5, 5.41) is 0. The van der Waals surface area contributed by atoms with E-state index in [9.17, 15) is 18.0 Å². The van der Waals surface area contributed by atoms with E-state index in [0.29, 0.717) is 11.8 Å². The zero-order valence-corrected chi connectivity index (χ0v) is 11.5. The van der Waals surface area contributed by atoms with Gasteiger partial charge in [-0.25, -0.2) is 4.79 Å². The molecule has 0 aliphatic heterocycles. The van der Waals surface area contributed by atoms with Crippen LogP contribution in [0.25, 0.3) is 0 Å². The SMILES string of the molecule is COC(=O)c1cc(C(F)(F)F)ccc1Oc1ccccc1N. The van der Waals surface area contributed by atoms with Crippen LogP contribution < -0.4 is 10.5 Å². The van der Waals surface area contributed by atoms with Gasteiger partial charge in [-0.1, -0.05) is 12.1 Å². The number of para-hydroxylation sites is 2. The second-order valence-electron chi connectivity index (χ2n) is 4.34. The summed E-state index contributed by atoms with van der Waals surface area (Å²) >= 11 is 0. The second kappa shape index (κ2) is 5.97. The lowest BCUT2D eigenvalue weighted by atomic mass is 10.1. The number of alkyl halides is 3. The molecule has 0 saturated heterocycles. The standard InChI is InChI=1S/C15H12F3NO3/c1-21-14(20)10-8-9(15(16,17)18)6-7-12(10)22-13-5-3-2-4-11(13)19/h2-8H,19H2,1H3. The summed E-state index contributed by atoms with van der Waals surface area (Å²) < 4.78 is 48.2. The fourth-order valence-corrected chi connectivity index (χ4v) is 1.76. The first-order valence-corrected chi connectivity index (χ1v) is 6.15. The number of nitrogens with two attached hydrogens (primary N) is 1. The molecule has 0 fully saturated rings. The van der Waals surface area contributed by atoms with Crippen molar-refractivity contribution in [2.45, 2.75) is 6.18 Å². The summed E-state index contributed by atoms with van der Waals surface area (Å²) in [7, 11) is 1.07. The third-order valence-corrected chi connectivity index (χ3v) is 2.85. The second-order valence-corrected chi connectivity index (χ2v) is 4.34. The third-order valence-electron chi connectivity index (χ3n) is 2.85. The Balaban J connectivity index is 2.47. The van der Waals surface area contributed by atoms with Crippen LogP contribution in [0, 0.1) is 0 Å². The minimum atomic E-state index is -4.58. The van der Waals surface area contributed by atoms with Gasteiger partial charge >= 0.3 is 12.1 Å². The van der Waals surface area contributed by atoms with Crippen molar-refractivity contribution in [3.05, 3.63) is 53.6 Å². The van der Waals surface area contributed by atoms with Crippen molar-refractivity contribution in [3.8, 4) is 11.5 Å². The molecule has 116 valence electrons. The normalized spacial score (nSPS) is 11.1. The highest BCUT2D eigenvalue weighted by atomic mass is 19.4. The number of anilines is 1. The first-order chi connectivity index (χ1) is 10.3. The van der Waals surface area contributed by atoms with Gasteiger partial charge in [-0.3, -0.25) is 0 Å². The molecule has 0 spiro atoms. The molecule has 0 unspecified atom stereocenters. The Labute approximate surface area is 124 Å². The molecule has 2 rings (SSSR count). The summed E-state index contributed by atoms with van der Waals surface area (Å²) in [6.45, 7) is 0. The molecule has 2 aromatic carbocycles. The van der Waals surface area contributed by atoms with E-state index < -0.39 is 17.7 Å². The van der Waals surface area contributed by atoms with E-state index in [1.165, 1.54) is 6.07 Å². The number of hydrogen-bond acceptors (Lipinski definition) is 4. The maximum Gasteiger partial charge on any atom is 0.416 e. The number of benzene rings is 2. The van der Waals surface area contributed by atoms with Crippen molar-refractivity contribution in [1.29, 1.82) is 0 Å². The molecule has 0 aliphatic rings. The Kier molecular flexibility index (Phi) is 4.25. The predicted octanol–water partition coefficient (Wildman–Crippen LogP) is 3.87. The smallest absolute Gasteiger partial charge is 0.416 e. The molecule has 0 radical (unpaired) electrons. The maximum absolute atomic E-state index is 12.7. The summed E-state index contributed by atoms with van der Waals surface area (Å²) in [6, 6.07) is 8.98. The fraction of sp³-hybridized carbons (Fsp3) is 0.133. The molecule has 2 N–H and O–H groups in total. The summed E-state index contributed by atoms with van der Waals surface area (Å²) in [4.78, 5) is 11.7. The van der Waals surface area contributed by atoms with Crippen molar-refractivity contribution in [1.82, 2.24) is 0 Å². The van der Waals surface area contributed by atoms with Crippen LogP contribution in [0.2, 0.25) is 0 Å². The topological polar surface area (TPSA) is 61.5 Å². The number of ether oxygens (including phenoxy) is 2. The van der Waals surface area contributed by atoms with Crippen LogP contribution in [0.3, 0.4) is 0 Å². The van der Waals surface area contributed by atoms with Crippen LogP contribution in [0.4, 0.5) is 18.9 Å². The van der Waals surface area contributed by atoms with Crippen molar-refractivity contribution >= 4 is 11.7 Å². The van der Waals surface area contributed by atoms with E-state index >= 15 is 0 Å². The number of rotatable bonds is 3. The Morgan fingerprint density at radius 2 is 1.77 bits per heavy atom. The van der Waals surface area contributed by atoms with Gasteiger partial charge in [0, 0.05) is 0 Å². The zero-order chi connectivity index (χ0) is 16.3. The van der Waals surface area contributed by atoms with E-state index in [-0.39, 0.29) is 17.1 Å². The highest BCUT2D eigenvalue weighted by Gasteiger charge is 2.32. The van der Waals surface area contributed by atoms with Crippen LogP contribution >= 0.6 is 0 Å². The van der Waals surface area contributed by atoms with Gasteiger partial charge in [-0.15, -0.1) is 0 Å². The molecule has 2 aromatic rings. The summed E-state index contributed by atoms with van der Waals surface area (Å²) in [6.07, 6.45) is -4.58. The number of carbonyl (C=O) groups is 1. The van der Waals surface area contributed by atoms with Gasteiger partial charge in [-0.05, 0) is 30.3 Å². The van der Waals surface area contributed by atoms with E-state index in [2.05, 4.69) is 4.74 Å². The van der Waals surface area contributed by atoms with Gasteiger partial charge in [0.25, 0.3) is 0 Å². The summed E-state index contributed by atoms with van der Waals surface area (Å²) in [5.74, 6) is -0.777. The Hall–Kier alpha value is -2.70. The van der Waals surface area contributed by atoms with Gasteiger partial charge in [0.05, 0.1) is 18.4 Å². The van der Waals surface area contributed by atoms with E-state index in [1.807, 2.05) is 0 Å². The van der Waals surface area contributed by atoms with Crippen LogP contribution in [-0.2, 0) is 10.9 Å². The maximum atomic E-state index is 12.7. The number of halogens is 3. The molecule has 0 saturated carbocycles. The van der Waals surface area contributed by atoms with Gasteiger partial charge in [0.15, 0.2) is 0 Å². The van der Waals surface area contributed by atoms with Crippen LogP contribution in [0.5, 0.6) is 11.5 Å². The average molecular weight is 311 g/mol. The lowest BCUT2D eigenvalue weighted by molar-refractivity contribution is -0.137. The number of esters is 1. The molecular weight excluding hydrogens is 299 g/mol. The van der Waals surface area contributed by atoms with Crippen molar-refractivity contribution < 1.29 is 27.4 Å². The molecule has 0 heterocycles. The minimum absolute atomic E-state index is 0.0715. The molecule has 0 aliphatic carbocycles. The summed E-state index contributed by atoms with van der Waals surface area (Å²) in [5.41, 5.74) is 4.69. The van der Waals surface area contributed by atoms with E-state index in [0.717, 1.165) is 19.2 Å². The third kappa shape index (κ3) is 3.30. The lowest BCUT2D eigenvalue weighted by Crippen LogP contribution is -2.10. The van der Waals surface area contributed by atoms with E-state index in [4.69, 9.17) is 10.5 Å². The van der Waals surface area contributed by atoms with Gasteiger partial charge in [-0.2, -0.15) is 13.2 Å². The predicted molar refractivity (Wildman–Crippen MR) is 73.7 cm³/mol. The van der Waals surface area contributed by atoms with Gasteiger partial charge < -0.3 is 15.2 Å². The molecule has 0 amide bonds. The zero-order valence-electron chi connectivity index (χ0n) is 11.5. The molecule has 0 bridgehead atoms. The molecule has 0 aromatic heterocycles. The number of nitrogen functional groups attached to an aromatic ring is 1. The van der Waals surface area contributed by atoms with Crippen molar-refractivity contribution in [2.75, 3.05) is 12.8 Å². The minimum Gasteiger partial charge on any atom is -0.465 e. The highest BCUT2D eigenvalue weighted by Crippen LogP contribution is 2.35. The Bertz CT molecular complexity index is 699. The van der Waals surface area contributed by atoms with Gasteiger partial charge in [0.2, 0.25) is 0 Å². The molecule has 7 heteroatoms. The van der Waals surface area contributed by atoms with Crippen molar-refractivity contribution in [2.24, 2.45) is 0 Å². The lowest BCUT2D eigenvalue weighted by Gasteiger charge is -2.14. The number of carbonyl (C=O) groups excluding carboxylic acids is 1. The van der Waals surface area contributed by atoms with Crippen LogP contribution in [-0.4, -0.2) is 13.1 Å². The highest BCUT2D eigenvalue weighted by molar-refractivity contribution is 5.93. The van der Waals surface area contributed by atoms with Crippen LogP contribution in [0.1, 0.15) is 15.9 Å². The first-order valence-electron chi connectivity index (χ1n) is 6.15. The first kappa shape index (κ1) is 15.7. The molecule has 4 nitrogen and oxygen atoms in total. The number of methoxy groups -OCH3 is 1. The van der Waals surface area contributed by atoms with Crippen LogP contribution in [0.15, 0.2) is 42.5 Å². The van der Waals surface area contributed by atoms with Crippen molar-refractivity contribution in [3.63, 3.8) is 0 Å². The monoisotopic (exact) mass is 311 g/mol. The van der Waals surface area contributed by atoms with Gasteiger partial charge in [0.1, 0.15) is 17.1 Å². The molecule has 0 atom stereocenters.